The Kier molecular flexibility index (Phi) is 5.30. The molecular formula is C24H26FN5O2. The lowest BCUT2D eigenvalue weighted by atomic mass is 9.87. The van der Waals surface area contributed by atoms with Gasteiger partial charge in [-0.2, -0.15) is 5.10 Å². The van der Waals surface area contributed by atoms with Gasteiger partial charge in [-0.25, -0.2) is 9.18 Å². The number of carbonyl (C=O) groups is 1. The summed E-state index contributed by atoms with van der Waals surface area (Å²) in [5.41, 5.74) is 3.52. The van der Waals surface area contributed by atoms with Crippen LogP contribution in [0.4, 0.5) is 14.9 Å². The van der Waals surface area contributed by atoms with E-state index in [1.54, 1.807) is 18.3 Å². The number of ether oxygens (including phenoxy) is 1. The number of nitrogens with one attached hydrogen (secondary N) is 2. The van der Waals surface area contributed by atoms with Crippen LogP contribution in [0.5, 0.6) is 5.75 Å². The number of benzene rings is 2. The molecule has 1 aromatic heterocycles. The van der Waals surface area contributed by atoms with E-state index in [-0.39, 0.29) is 17.3 Å². The molecule has 0 saturated carbocycles. The van der Waals surface area contributed by atoms with Gasteiger partial charge in [0, 0.05) is 24.0 Å². The molecule has 0 aliphatic carbocycles. The quantitative estimate of drug-likeness (QED) is 0.640. The van der Waals surface area contributed by atoms with E-state index in [2.05, 4.69) is 15.5 Å². The number of urea groups is 1. The Morgan fingerprint density at radius 3 is 2.59 bits per heavy atom. The molecule has 2 amide bonds. The summed E-state index contributed by atoms with van der Waals surface area (Å²) in [7, 11) is 1.45. The summed E-state index contributed by atoms with van der Waals surface area (Å²) in [5.74, 6) is -0.208. The number of rotatable bonds is 5. The number of methoxy groups -OCH3 is 1. The van der Waals surface area contributed by atoms with Crippen molar-refractivity contribution in [3.63, 3.8) is 0 Å². The fourth-order valence-electron chi connectivity index (χ4n) is 4.78. The maximum Gasteiger partial charge on any atom is 0.325 e. The normalized spacial score (nSPS) is 17.9. The zero-order chi connectivity index (χ0) is 22.1. The molecule has 2 aliphatic heterocycles. The van der Waals surface area contributed by atoms with Crippen molar-refractivity contribution in [3.05, 3.63) is 66.2 Å². The van der Waals surface area contributed by atoms with Crippen LogP contribution in [0.2, 0.25) is 0 Å². The Hall–Kier alpha value is -3.39. The summed E-state index contributed by atoms with van der Waals surface area (Å²) in [4.78, 5) is 17.5. The van der Waals surface area contributed by atoms with Crippen molar-refractivity contribution in [2.75, 3.05) is 31.6 Å². The number of amides is 2. The highest BCUT2D eigenvalue weighted by Gasteiger charge is 2.50. The van der Waals surface area contributed by atoms with Gasteiger partial charge < -0.3 is 15.0 Å². The average molecular weight is 436 g/mol. The molecule has 0 unspecified atom stereocenters. The zero-order valence-corrected chi connectivity index (χ0v) is 18.0. The molecule has 166 valence electrons. The van der Waals surface area contributed by atoms with Crippen LogP contribution < -0.4 is 15.0 Å². The second-order valence-electron chi connectivity index (χ2n) is 8.43. The number of nitrogens with zero attached hydrogens (tertiary/aromatic N) is 3. The minimum Gasteiger partial charge on any atom is -0.494 e. The average Bonchev–Trinajstić information content (AvgIpc) is 3.45. The number of hydrogen-bond acceptors (Lipinski definition) is 4. The van der Waals surface area contributed by atoms with Gasteiger partial charge in [-0.3, -0.25) is 10.00 Å². The predicted octanol–water partition coefficient (Wildman–Crippen LogP) is 3.79. The molecule has 7 nitrogen and oxygen atoms in total. The minimum atomic E-state index is -0.403. The molecule has 2 N–H and O–H groups in total. The fraction of sp³-hybridized carbons (Fsp3) is 0.333. The van der Waals surface area contributed by atoms with E-state index in [1.165, 1.54) is 13.2 Å². The van der Waals surface area contributed by atoms with Crippen molar-refractivity contribution >= 4 is 11.7 Å². The van der Waals surface area contributed by atoms with Crippen molar-refractivity contribution in [2.45, 2.75) is 24.9 Å². The van der Waals surface area contributed by atoms with Gasteiger partial charge in [-0.05, 0) is 61.3 Å². The van der Waals surface area contributed by atoms with Gasteiger partial charge in [0.15, 0.2) is 11.6 Å². The maximum absolute atomic E-state index is 13.9. The molecule has 0 atom stereocenters. The Bertz CT molecular complexity index is 1090. The SMILES string of the molecule is COc1cc(CN2C(=O)N(c3ccc(-c4cn[nH]c4)cc3)CC23CCNCC3)ccc1F. The number of hydrogen-bond donors (Lipinski definition) is 2. The molecule has 0 bridgehead atoms. The van der Waals surface area contributed by atoms with Gasteiger partial charge in [-0.1, -0.05) is 18.2 Å². The van der Waals surface area contributed by atoms with Crippen LogP contribution >= 0.6 is 0 Å². The first kappa shape index (κ1) is 20.5. The van der Waals surface area contributed by atoms with E-state index < -0.39 is 5.82 Å². The van der Waals surface area contributed by atoms with Gasteiger partial charge in [0.2, 0.25) is 0 Å². The van der Waals surface area contributed by atoms with E-state index in [9.17, 15) is 9.18 Å². The highest BCUT2D eigenvalue weighted by molar-refractivity contribution is 5.95. The van der Waals surface area contributed by atoms with Crippen LogP contribution in [-0.2, 0) is 6.54 Å². The number of piperidine rings is 1. The lowest BCUT2D eigenvalue weighted by Crippen LogP contribution is -2.53. The standard InChI is InChI=1S/C24H26FN5O2/c1-32-22-12-17(2-7-21(22)25)15-30-23(31)29(16-24(30)8-10-26-11-9-24)20-5-3-18(4-6-20)19-13-27-28-14-19/h2-7,12-14,26H,8-11,15-16H2,1H3,(H,27,28). The molecule has 2 aliphatic rings. The third-order valence-electron chi connectivity index (χ3n) is 6.59. The fourth-order valence-corrected chi connectivity index (χ4v) is 4.78. The zero-order valence-electron chi connectivity index (χ0n) is 18.0. The molecule has 0 radical (unpaired) electrons. The topological polar surface area (TPSA) is 73.5 Å². The van der Waals surface area contributed by atoms with Gasteiger partial charge in [-0.15, -0.1) is 0 Å². The first-order valence-corrected chi connectivity index (χ1v) is 10.8. The Morgan fingerprint density at radius 2 is 1.91 bits per heavy atom. The molecule has 2 fully saturated rings. The lowest BCUT2D eigenvalue weighted by Gasteiger charge is -2.40. The van der Waals surface area contributed by atoms with Crippen molar-refractivity contribution < 1.29 is 13.9 Å². The van der Waals surface area contributed by atoms with E-state index in [0.717, 1.165) is 48.3 Å². The molecule has 1 spiro atoms. The second kappa shape index (κ2) is 8.27. The smallest absolute Gasteiger partial charge is 0.325 e. The molecule has 3 aromatic rings. The van der Waals surface area contributed by atoms with Crippen molar-refractivity contribution in [1.29, 1.82) is 0 Å². The summed E-state index contributed by atoms with van der Waals surface area (Å²) in [6.07, 6.45) is 5.37. The number of H-pyrrole nitrogens is 1. The van der Waals surface area contributed by atoms with E-state index in [0.29, 0.717) is 13.1 Å². The molecule has 5 rings (SSSR count). The highest BCUT2D eigenvalue weighted by Crippen LogP contribution is 2.38. The molecule has 3 heterocycles. The Balaban J connectivity index is 1.44. The van der Waals surface area contributed by atoms with E-state index >= 15 is 0 Å². The number of carbonyl (C=O) groups excluding carboxylic acids is 1. The number of aromatic nitrogens is 2. The largest absolute Gasteiger partial charge is 0.494 e. The third kappa shape index (κ3) is 3.60. The van der Waals surface area contributed by atoms with Gasteiger partial charge in [0.25, 0.3) is 0 Å². The molecule has 2 saturated heterocycles. The number of anilines is 1. The first-order valence-electron chi connectivity index (χ1n) is 10.8. The van der Waals surface area contributed by atoms with Gasteiger partial charge >= 0.3 is 6.03 Å². The first-order chi connectivity index (χ1) is 15.6. The summed E-state index contributed by atoms with van der Waals surface area (Å²) in [5, 5.41) is 10.2. The summed E-state index contributed by atoms with van der Waals surface area (Å²) in [6, 6.07) is 12.8. The van der Waals surface area contributed by atoms with Crippen LogP contribution in [0, 0.1) is 5.82 Å². The van der Waals surface area contributed by atoms with Crippen LogP contribution in [0.1, 0.15) is 18.4 Å². The Labute approximate surface area is 186 Å². The van der Waals surface area contributed by atoms with Crippen LogP contribution in [0.3, 0.4) is 0 Å². The van der Waals surface area contributed by atoms with Crippen molar-refractivity contribution in [1.82, 2.24) is 20.4 Å². The highest BCUT2D eigenvalue weighted by atomic mass is 19.1. The minimum absolute atomic E-state index is 0.0220. The van der Waals surface area contributed by atoms with Crippen LogP contribution in [0.15, 0.2) is 54.9 Å². The van der Waals surface area contributed by atoms with Crippen molar-refractivity contribution in [2.24, 2.45) is 0 Å². The van der Waals surface area contributed by atoms with Gasteiger partial charge in [0.05, 0.1) is 25.4 Å². The second-order valence-corrected chi connectivity index (χ2v) is 8.43. The number of halogens is 1. The molecular weight excluding hydrogens is 409 g/mol. The Morgan fingerprint density at radius 1 is 1.12 bits per heavy atom. The third-order valence-corrected chi connectivity index (χ3v) is 6.59. The molecule has 2 aromatic carbocycles. The van der Waals surface area contributed by atoms with Crippen LogP contribution in [0.25, 0.3) is 11.1 Å². The lowest BCUT2D eigenvalue weighted by molar-refractivity contribution is 0.119. The van der Waals surface area contributed by atoms with E-state index in [4.69, 9.17) is 4.74 Å². The maximum atomic E-state index is 13.9. The van der Waals surface area contributed by atoms with E-state index in [1.807, 2.05) is 40.3 Å². The summed E-state index contributed by atoms with van der Waals surface area (Å²) in [6.45, 7) is 2.78. The molecule has 8 heteroatoms. The van der Waals surface area contributed by atoms with Crippen molar-refractivity contribution in [3.8, 4) is 16.9 Å². The van der Waals surface area contributed by atoms with Crippen LogP contribution in [-0.4, -0.2) is 53.4 Å². The van der Waals surface area contributed by atoms with Gasteiger partial charge in [0.1, 0.15) is 0 Å². The summed E-state index contributed by atoms with van der Waals surface area (Å²) >= 11 is 0. The number of aromatic amines is 1. The molecule has 32 heavy (non-hydrogen) atoms. The predicted molar refractivity (Wildman–Crippen MR) is 120 cm³/mol. The summed E-state index contributed by atoms with van der Waals surface area (Å²) < 4.78 is 19.0. The monoisotopic (exact) mass is 435 g/mol.